The van der Waals surface area contributed by atoms with Gasteiger partial charge in [0.15, 0.2) is 0 Å². The van der Waals surface area contributed by atoms with Crippen molar-refractivity contribution < 1.29 is 4.74 Å². The molecule has 0 spiro atoms. The molecule has 0 aliphatic heterocycles. The molecule has 52 valence electrons. The molecule has 0 bridgehead atoms. The second-order valence-electron chi connectivity index (χ2n) is 2.10. The molecule has 0 amide bonds. The highest BCUT2D eigenvalue weighted by molar-refractivity contribution is 5.00. The van der Waals surface area contributed by atoms with Crippen molar-refractivity contribution in [1.82, 2.24) is 0 Å². The normalized spacial score (nSPS) is 12.7. The van der Waals surface area contributed by atoms with E-state index in [0.29, 0.717) is 0 Å². The van der Waals surface area contributed by atoms with E-state index in [1.807, 2.05) is 13.0 Å². The zero-order valence-electron chi connectivity index (χ0n) is 6.18. The second-order valence-corrected chi connectivity index (χ2v) is 2.10. The van der Waals surface area contributed by atoms with E-state index in [9.17, 15) is 0 Å². The Bertz CT molecular complexity index is 105. The Morgan fingerprint density at radius 3 is 2.44 bits per heavy atom. The summed E-state index contributed by atoms with van der Waals surface area (Å²) in [6.45, 7) is 9.34. The fourth-order valence-electron chi connectivity index (χ4n) is 0.650. The van der Waals surface area contributed by atoms with Crippen LogP contribution in [0.5, 0.6) is 0 Å². The summed E-state index contributed by atoms with van der Waals surface area (Å²) in [6, 6.07) is 0. The third-order valence-electron chi connectivity index (χ3n) is 1.21. The lowest BCUT2D eigenvalue weighted by Gasteiger charge is -2.11. The number of ether oxygens (including phenoxy) is 1. The van der Waals surface area contributed by atoms with Crippen LogP contribution in [0, 0.1) is 0 Å². The van der Waals surface area contributed by atoms with E-state index in [1.54, 1.807) is 7.11 Å². The fourth-order valence-corrected chi connectivity index (χ4v) is 0.650. The summed E-state index contributed by atoms with van der Waals surface area (Å²) in [5, 5.41) is 0. The lowest BCUT2D eigenvalue weighted by molar-refractivity contribution is 0.134. The number of rotatable bonds is 4. The summed E-state index contributed by atoms with van der Waals surface area (Å²) in [7, 11) is 1.68. The van der Waals surface area contributed by atoms with Gasteiger partial charge in [-0.2, -0.15) is 0 Å². The van der Waals surface area contributed by atoms with Gasteiger partial charge in [0.1, 0.15) is 0 Å². The minimum Gasteiger partial charge on any atom is -0.377 e. The third-order valence-corrected chi connectivity index (χ3v) is 1.21. The van der Waals surface area contributed by atoms with Crippen molar-refractivity contribution >= 4 is 0 Å². The molecule has 0 rings (SSSR count). The Morgan fingerprint density at radius 1 is 1.78 bits per heavy atom. The first-order valence-electron chi connectivity index (χ1n) is 3.01. The van der Waals surface area contributed by atoms with Crippen molar-refractivity contribution in [3.63, 3.8) is 0 Å². The van der Waals surface area contributed by atoms with E-state index in [-0.39, 0.29) is 6.10 Å². The Kier molecular flexibility index (Phi) is 4.06. The third kappa shape index (κ3) is 3.09. The van der Waals surface area contributed by atoms with Gasteiger partial charge in [0, 0.05) is 7.11 Å². The van der Waals surface area contributed by atoms with Crippen LogP contribution >= 0.6 is 0 Å². The molecule has 0 heterocycles. The first-order valence-corrected chi connectivity index (χ1v) is 3.01. The number of hydrogen-bond acceptors (Lipinski definition) is 1. The van der Waals surface area contributed by atoms with E-state index in [4.69, 9.17) is 4.74 Å². The van der Waals surface area contributed by atoms with E-state index in [1.165, 1.54) is 0 Å². The summed E-state index contributed by atoms with van der Waals surface area (Å²) in [6.07, 6.45) is 2.84. The van der Waals surface area contributed by atoms with Crippen molar-refractivity contribution in [1.29, 1.82) is 0 Å². The summed E-state index contributed by atoms with van der Waals surface area (Å²) in [4.78, 5) is 0. The first-order chi connectivity index (χ1) is 4.22. The Morgan fingerprint density at radius 2 is 2.33 bits per heavy atom. The van der Waals surface area contributed by atoms with Crippen LogP contribution in [0.25, 0.3) is 0 Å². The predicted molar refractivity (Wildman–Crippen MR) is 40.4 cm³/mol. The van der Waals surface area contributed by atoms with Crippen LogP contribution in [0.3, 0.4) is 0 Å². The van der Waals surface area contributed by atoms with Gasteiger partial charge in [-0.15, -0.1) is 6.58 Å². The lowest BCUT2D eigenvalue weighted by atomic mass is 10.1. The zero-order valence-corrected chi connectivity index (χ0v) is 6.18. The molecule has 9 heavy (non-hydrogen) atoms. The molecule has 0 saturated heterocycles. The van der Waals surface area contributed by atoms with Gasteiger partial charge in [-0.3, -0.25) is 0 Å². The van der Waals surface area contributed by atoms with Gasteiger partial charge in [-0.25, -0.2) is 0 Å². The van der Waals surface area contributed by atoms with Crippen LogP contribution in [-0.4, -0.2) is 13.2 Å². The topological polar surface area (TPSA) is 9.23 Å². The summed E-state index contributed by atoms with van der Waals surface area (Å²) in [5.41, 5.74) is 1.05. The van der Waals surface area contributed by atoms with Gasteiger partial charge in [0.25, 0.3) is 0 Å². The van der Waals surface area contributed by atoms with Crippen LogP contribution in [0.15, 0.2) is 24.8 Å². The second kappa shape index (κ2) is 4.33. The van der Waals surface area contributed by atoms with Crippen LogP contribution < -0.4 is 0 Å². The molecule has 1 nitrogen and oxygen atoms in total. The van der Waals surface area contributed by atoms with Crippen LogP contribution in [0.4, 0.5) is 0 Å². The van der Waals surface area contributed by atoms with Crippen LogP contribution in [0.1, 0.15) is 13.3 Å². The number of hydrogen-bond donors (Lipinski definition) is 0. The zero-order chi connectivity index (χ0) is 7.28. The van der Waals surface area contributed by atoms with Crippen molar-refractivity contribution in [2.75, 3.05) is 7.11 Å². The molecule has 0 aliphatic carbocycles. The molecule has 0 aromatic carbocycles. The Labute approximate surface area is 57.0 Å². The highest BCUT2D eigenvalue weighted by Gasteiger charge is 2.02. The summed E-state index contributed by atoms with van der Waals surface area (Å²) in [5.74, 6) is 0. The van der Waals surface area contributed by atoms with E-state index < -0.39 is 0 Å². The number of methoxy groups -OCH3 is 1. The molecule has 0 saturated carbocycles. The Hall–Kier alpha value is -0.560. The average Bonchev–Trinajstić information content (AvgIpc) is 1.82. The molecular formula is C8H14O. The quantitative estimate of drug-likeness (QED) is 0.524. The summed E-state index contributed by atoms with van der Waals surface area (Å²) >= 11 is 0. The molecule has 1 heteroatoms. The van der Waals surface area contributed by atoms with Gasteiger partial charge in [0.05, 0.1) is 6.10 Å². The van der Waals surface area contributed by atoms with E-state index in [0.717, 1.165) is 12.0 Å². The molecule has 0 radical (unpaired) electrons. The van der Waals surface area contributed by atoms with E-state index >= 15 is 0 Å². The molecule has 0 fully saturated rings. The SMILES string of the molecule is C=CCC(OC)C(=C)C. The molecule has 0 aromatic heterocycles. The van der Waals surface area contributed by atoms with Gasteiger partial charge in [-0.05, 0) is 13.3 Å². The molecule has 0 N–H and O–H groups in total. The fraction of sp³-hybridized carbons (Fsp3) is 0.500. The molecule has 1 unspecified atom stereocenters. The maximum absolute atomic E-state index is 5.08. The average molecular weight is 126 g/mol. The largest absolute Gasteiger partial charge is 0.377 e. The monoisotopic (exact) mass is 126 g/mol. The van der Waals surface area contributed by atoms with Gasteiger partial charge >= 0.3 is 0 Å². The van der Waals surface area contributed by atoms with Crippen molar-refractivity contribution in [2.45, 2.75) is 19.4 Å². The smallest absolute Gasteiger partial charge is 0.0810 e. The van der Waals surface area contributed by atoms with Crippen LogP contribution in [0.2, 0.25) is 0 Å². The van der Waals surface area contributed by atoms with Gasteiger partial charge in [-0.1, -0.05) is 18.2 Å². The molecule has 0 aliphatic rings. The van der Waals surface area contributed by atoms with Crippen molar-refractivity contribution in [3.05, 3.63) is 24.8 Å². The lowest BCUT2D eigenvalue weighted by Crippen LogP contribution is -2.09. The van der Waals surface area contributed by atoms with Crippen LogP contribution in [-0.2, 0) is 4.74 Å². The van der Waals surface area contributed by atoms with Gasteiger partial charge in [0.2, 0.25) is 0 Å². The highest BCUT2D eigenvalue weighted by atomic mass is 16.5. The maximum Gasteiger partial charge on any atom is 0.0810 e. The summed E-state index contributed by atoms with van der Waals surface area (Å²) < 4.78 is 5.08. The molecule has 0 aromatic rings. The standard InChI is InChI=1S/C8H14O/c1-5-6-8(9-4)7(2)3/h5,8H,1-2,6H2,3-4H3. The van der Waals surface area contributed by atoms with Crippen molar-refractivity contribution in [3.8, 4) is 0 Å². The molecular weight excluding hydrogens is 112 g/mol. The predicted octanol–water partition coefficient (Wildman–Crippen LogP) is 2.15. The minimum absolute atomic E-state index is 0.155. The maximum atomic E-state index is 5.08. The first kappa shape index (κ1) is 8.44. The van der Waals surface area contributed by atoms with Crippen molar-refractivity contribution in [2.24, 2.45) is 0 Å². The highest BCUT2D eigenvalue weighted by Crippen LogP contribution is 2.06. The molecule has 1 atom stereocenters. The Balaban J connectivity index is 3.67. The minimum atomic E-state index is 0.155. The van der Waals surface area contributed by atoms with E-state index in [2.05, 4.69) is 13.2 Å². The van der Waals surface area contributed by atoms with Gasteiger partial charge < -0.3 is 4.74 Å².